The topological polar surface area (TPSA) is 65.0 Å². The Morgan fingerprint density at radius 1 is 1.04 bits per heavy atom. The van der Waals surface area contributed by atoms with E-state index in [2.05, 4.69) is 0 Å². The van der Waals surface area contributed by atoms with Gasteiger partial charge in [0.2, 0.25) is 5.60 Å². The Bertz CT molecular complexity index is 663. The fraction of sp³-hybridized carbons (Fsp3) is 0.316. The molecule has 0 amide bonds. The van der Waals surface area contributed by atoms with E-state index in [0.717, 1.165) is 5.56 Å². The summed E-state index contributed by atoms with van der Waals surface area (Å²) in [5.41, 5.74) is -0.321. The van der Waals surface area contributed by atoms with Crippen LogP contribution in [0, 0.1) is 0 Å². The van der Waals surface area contributed by atoms with E-state index in [9.17, 15) is 9.90 Å². The number of hydrogen-bond donors (Lipinski definition) is 1. The highest BCUT2D eigenvalue weighted by Crippen LogP contribution is 2.26. The number of phenolic OH excluding ortho intramolecular Hbond substituents is 1. The maximum absolute atomic E-state index is 12.4. The molecular weight excluding hydrogens is 308 g/mol. The van der Waals surface area contributed by atoms with Gasteiger partial charge in [-0.2, -0.15) is 0 Å². The molecule has 0 aromatic heterocycles. The van der Waals surface area contributed by atoms with E-state index in [1.54, 1.807) is 69.5 Å². The van der Waals surface area contributed by atoms with Gasteiger partial charge in [0, 0.05) is 6.42 Å². The van der Waals surface area contributed by atoms with Crippen LogP contribution in [0.15, 0.2) is 48.5 Å². The molecule has 0 fully saturated rings. The number of phenols is 1. The average Bonchev–Trinajstić information content (AvgIpc) is 2.58. The third kappa shape index (κ3) is 4.41. The van der Waals surface area contributed by atoms with Gasteiger partial charge in [-0.15, -0.1) is 0 Å². The zero-order chi connectivity index (χ0) is 17.6. The van der Waals surface area contributed by atoms with Crippen LogP contribution in [-0.4, -0.2) is 30.4 Å². The number of rotatable bonds is 7. The third-order valence-corrected chi connectivity index (χ3v) is 3.59. The molecule has 2 aromatic carbocycles. The van der Waals surface area contributed by atoms with Crippen LogP contribution in [0.3, 0.4) is 0 Å². The van der Waals surface area contributed by atoms with Crippen molar-refractivity contribution in [3.8, 4) is 17.2 Å². The van der Waals surface area contributed by atoms with Crippen LogP contribution in [0.25, 0.3) is 0 Å². The molecule has 0 saturated heterocycles. The van der Waals surface area contributed by atoms with Crippen LogP contribution in [-0.2, 0) is 16.0 Å². The Morgan fingerprint density at radius 3 is 2.17 bits per heavy atom. The average molecular weight is 330 g/mol. The predicted octanol–water partition coefficient (Wildman–Crippen LogP) is 3.34. The first-order valence-electron chi connectivity index (χ1n) is 7.75. The van der Waals surface area contributed by atoms with Gasteiger partial charge in [-0.1, -0.05) is 12.1 Å². The molecule has 0 unspecified atom stereocenters. The molecule has 2 rings (SSSR count). The van der Waals surface area contributed by atoms with Gasteiger partial charge in [0.05, 0.1) is 13.7 Å². The van der Waals surface area contributed by atoms with Gasteiger partial charge in [-0.25, -0.2) is 4.79 Å². The minimum Gasteiger partial charge on any atom is -0.508 e. The molecular formula is C19H22O5. The summed E-state index contributed by atoms with van der Waals surface area (Å²) in [5.74, 6) is 0.991. The van der Waals surface area contributed by atoms with Gasteiger partial charge in [0.25, 0.3) is 0 Å². The Labute approximate surface area is 141 Å². The van der Waals surface area contributed by atoms with Gasteiger partial charge in [-0.05, 0) is 55.8 Å². The molecule has 0 bridgehead atoms. The first-order valence-corrected chi connectivity index (χ1v) is 7.75. The van der Waals surface area contributed by atoms with E-state index in [4.69, 9.17) is 14.2 Å². The maximum Gasteiger partial charge on any atom is 0.350 e. The Balaban J connectivity index is 2.24. The Hall–Kier alpha value is -2.69. The van der Waals surface area contributed by atoms with Crippen LogP contribution in [0.1, 0.15) is 19.4 Å². The summed E-state index contributed by atoms with van der Waals surface area (Å²) in [6, 6.07) is 13.7. The molecule has 1 N–H and O–H groups in total. The fourth-order valence-electron chi connectivity index (χ4n) is 2.34. The highest BCUT2D eigenvalue weighted by atomic mass is 16.6. The summed E-state index contributed by atoms with van der Waals surface area (Å²) in [6.07, 6.45) is 0.318. The van der Waals surface area contributed by atoms with Crippen molar-refractivity contribution in [2.45, 2.75) is 25.9 Å². The molecule has 0 aliphatic carbocycles. The number of ether oxygens (including phenoxy) is 3. The van der Waals surface area contributed by atoms with Gasteiger partial charge >= 0.3 is 5.97 Å². The van der Waals surface area contributed by atoms with Crippen LogP contribution < -0.4 is 9.47 Å². The SMILES string of the molecule is CCOC(=O)[C@](C)(Cc1ccc(O)cc1)Oc1ccc(OC)cc1. The highest BCUT2D eigenvalue weighted by Gasteiger charge is 2.37. The lowest BCUT2D eigenvalue weighted by molar-refractivity contribution is -0.160. The van der Waals surface area contributed by atoms with Gasteiger partial charge in [-0.3, -0.25) is 0 Å². The number of hydrogen-bond acceptors (Lipinski definition) is 5. The lowest BCUT2D eigenvalue weighted by atomic mass is 9.96. The van der Waals surface area contributed by atoms with Crippen molar-refractivity contribution in [1.29, 1.82) is 0 Å². The van der Waals surface area contributed by atoms with Crippen LogP contribution in [0.2, 0.25) is 0 Å². The molecule has 2 aromatic rings. The normalized spacial score (nSPS) is 13.0. The predicted molar refractivity (Wildman–Crippen MR) is 90.5 cm³/mol. The molecule has 1 atom stereocenters. The van der Waals surface area contributed by atoms with E-state index in [-0.39, 0.29) is 12.4 Å². The molecule has 24 heavy (non-hydrogen) atoms. The molecule has 5 nitrogen and oxygen atoms in total. The van der Waals surface area contributed by atoms with Gasteiger partial charge in [0.15, 0.2) is 0 Å². The second-order valence-corrected chi connectivity index (χ2v) is 5.57. The minimum atomic E-state index is -1.18. The number of carbonyl (C=O) groups is 1. The monoisotopic (exact) mass is 330 g/mol. The summed E-state index contributed by atoms with van der Waals surface area (Å²) in [6.45, 7) is 3.73. The quantitative estimate of drug-likeness (QED) is 0.789. The van der Waals surface area contributed by atoms with E-state index in [1.165, 1.54) is 0 Å². The number of carbonyl (C=O) groups excluding carboxylic acids is 1. The van der Waals surface area contributed by atoms with E-state index >= 15 is 0 Å². The van der Waals surface area contributed by atoms with Crippen molar-refractivity contribution in [3.05, 3.63) is 54.1 Å². The number of esters is 1. The van der Waals surface area contributed by atoms with Crippen molar-refractivity contribution in [2.24, 2.45) is 0 Å². The molecule has 0 aliphatic heterocycles. The smallest absolute Gasteiger partial charge is 0.350 e. The third-order valence-electron chi connectivity index (χ3n) is 3.59. The summed E-state index contributed by atoms with van der Waals surface area (Å²) < 4.78 is 16.3. The summed E-state index contributed by atoms with van der Waals surface area (Å²) in [4.78, 5) is 12.4. The van der Waals surface area contributed by atoms with E-state index < -0.39 is 11.6 Å². The van der Waals surface area contributed by atoms with Crippen LogP contribution in [0.5, 0.6) is 17.2 Å². The van der Waals surface area contributed by atoms with Crippen molar-refractivity contribution >= 4 is 5.97 Å². The number of aromatic hydroxyl groups is 1. The summed E-state index contributed by atoms with van der Waals surface area (Å²) in [5, 5.41) is 9.40. The molecule has 128 valence electrons. The Morgan fingerprint density at radius 2 is 1.62 bits per heavy atom. The van der Waals surface area contributed by atoms with Gasteiger partial charge < -0.3 is 19.3 Å². The number of benzene rings is 2. The number of methoxy groups -OCH3 is 1. The zero-order valence-corrected chi connectivity index (χ0v) is 14.1. The van der Waals surface area contributed by atoms with E-state index in [1.807, 2.05) is 0 Å². The highest BCUT2D eigenvalue weighted by molar-refractivity contribution is 5.80. The molecule has 0 saturated carbocycles. The fourth-order valence-corrected chi connectivity index (χ4v) is 2.34. The Kier molecular flexibility index (Phi) is 5.68. The van der Waals surface area contributed by atoms with Crippen molar-refractivity contribution in [1.82, 2.24) is 0 Å². The first kappa shape index (κ1) is 17.7. The first-order chi connectivity index (χ1) is 11.5. The van der Waals surface area contributed by atoms with Crippen LogP contribution >= 0.6 is 0 Å². The second-order valence-electron chi connectivity index (χ2n) is 5.57. The molecule has 0 heterocycles. The maximum atomic E-state index is 12.4. The molecule has 5 heteroatoms. The molecule has 0 spiro atoms. The van der Waals surface area contributed by atoms with Crippen molar-refractivity contribution in [3.63, 3.8) is 0 Å². The van der Waals surface area contributed by atoms with E-state index in [0.29, 0.717) is 17.9 Å². The van der Waals surface area contributed by atoms with Crippen molar-refractivity contribution < 1.29 is 24.1 Å². The lowest BCUT2D eigenvalue weighted by Crippen LogP contribution is -2.45. The second kappa shape index (κ2) is 7.73. The largest absolute Gasteiger partial charge is 0.508 e. The molecule has 0 radical (unpaired) electrons. The summed E-state index contributed by atoms with van der Waals surface area (Å²) in [7, 11) is 1.59. The van der Waals surface area contributed by atoms with Crippen LogP contribution in [0.4, 0.5) is 0 Å². The molecule has 0 aliphatic rings. The van der Waals surface area contributed by atoms with Crippen molar-refractivity contribution in [2.75, 3.05) is 13.7 Å². The minimum absolute atomic E-state index is 0.174. The lowest BCUT2D eigenvalue weighted by Gasteiger charge is -2.28. The standard InChI is InChI=1S/C19H22O5/c1-4-23-18(21)19(2,13-14-5-7-15(20)8-6-14)24-17-11-9-16(22-3)10-12-17/h5-12,20H,4,13H2,1-3H3/t19-/m0/s1. The van der Waals surface area contributed by atoms with Gasteiger partial charge in [0.1, 0.15) is 17.2 Å². The summed E-state index contributed by atoms with van der Waals surface area (Å²) >= 11 is 0. The zero-order valence-electron chi connectivity index (χ0n) is 14.1.